The Balaban J connectivity index is 1.40. The Morgan fingerprint density at radius 3 is 2.94 bits per heavy atom. The van der Waals surface area contributed by atoms with Gasteiger partial charge in [0.05, 0.1) is 30.2 Å². The fraction of sp³-hybridized carbons (Fsp3) is 0.136. The molecule has 0 saturated heterocycles. The lowest BCUT2D eigenvalue weighted by molar-refractivity contribution is 0.0939. The summed E-state index contributed by atoms with van der Waals surface area (Å²) in [5.41, 5.74) is 0.725. The van der Waals surface area contributed by atoms with Crippen LogP contribution in [0.4, 0.5) is 5.69 Å². The highest BCUT2D eigenvalue weighted by Gasteiger charge is 2.16. The first kappa shape index (κ1) is 21.7. The fourth-order valence-electron chi connectivity index (χ4n) is 2.86. The number of hydrogen-bond acceptors (Lipinski definition) is 6. The van der Waals surface area contributed by atoms with Crippen molar-refractivity contribution in [1.82, 2.24) is 15.1 Å². The molecule has 164 valence electrons. The zero-order chi connectivity index (χ0) is 22.5. The zero-order valence-electron chi connectivity index (χ0n) is 16.9. The van der Waals surface area contributed by atoms with E-state index in [0.29, 0.717) is 44.5 Å². The van der Waals surface area contributed by atoms with Crippen molar-refractivity contribution in [3.05, 3.63) is 87.9 Å². The van der Waals surface area contributed by atoms with Gasteiger partial charge in [-0.05, 0) is 36.4 Å². The van der Waals surface area contributed by atoms with E-state index >= 15 is 0 Å². The van der Waals surface area contributed by atoms with E-state index in [9.17, 15) is 4.79 Å². The van der Waals surface area contributed by atoms with E-state index in [-0.39, 0.29) is 19.1 Å². The van der Waals surface area contributed by atoms with E-state index in [2.05, 4.69) is 15.4 Å². The first-order valence-electron chi connectivity index (χ1n) is 9.53. The quantitative estimate of drug-likeness (QED) is 0.356. The van der Waals surface area contributed by atoms with Crippen molar-refractivity contribution in [2.24, 2.45) is 12.0 Å². The Labute approximate surface area is 193 Å². The molecule has 0 spiro atoms. The molecule has 32 heavy (non-hydrogen) atoms. The van der Waals surface area contributed by atoms with Crippen molar-refractivity contribution in [3.8, 4) is 5.75 Å². The van der Waals surface area contributed by atoms with Crippen LogP contribution in [0.5, 0.6) is 5.75 Å². The predicted molar refractivity (Wildman–Crippen MR) is 120 cm³/mol. The highest BCUT2D eigenvalue weighted by atomic mass is 35.5. The Bertz CT molecular complexity index is 1240. The van der Waals surface area contributed by atoms with Crippen molar-refractivity contribution < 1.29 is 18.4 Å². The van der Waals surface area contributed by atoms with Crippen molar-refractivity contribution in [2.45, 2.75) is 13.2 Å². The molecule has 3 aromatic heterocycles. The minimum Gasteiger partial charge on any atom is -0.484 e. The van der Waals surface area contributed by atoms with Gasteiger partial charge < -0.3 is 18.9 Å². The summed E-state index contributed by atoms with van der Waals surface area (Å²) in [6.45, 7) is 0.430. The number of carbonyl (C=O) groups is 1. The first-order valence-corrected chi connectivity index (χ1v) is 10.3. The maximum atomic E-state index is 12.6. The molecule has 4 aromatic rings. The number of aliphatic imine (C=N–C) groups is 1. The van der Waals surface area contributed by atoms with E-state index in [4.69, 9.17) is 36.8 Å². The lowest BCUT2D eigenvalue weighted by Gasteiger charge is -2.06. The standard InChI is InChI=1S/C22H18Cl2N4O4/c1-28-21(22(29)26-10-15-3-2-8-30-15)19(12-27-28)25-11-16-5-6-17(32-16)13-31-20-9-14(23)4-7-18(20)24/h2-9,11-12H,10,13H2,1H3,(H,26,29). The molecule has 4 rings (SSSR count). The van der Waals surface area contributed by atoms with Gasteiger partial charge in [0.1, 0.15) is 35.3 Å². The second kappa shape index (κ2) is 9.76. The molecule has 0 saturated carbocycles. The number of carbonyl (C=O) groups excluding carboxylic acids is 1. The van der Waals surface area contributed by atoms with Gasteiger partial charge in [-0.3, -0.25) is 9.48 Å². The van der Waals surface area contributed by atoms with Crippen LogP contribution in [0.2, 0.25) is 10.0 Å². The molecule has 0 aliphatic carbocycles. The van der Waals surface area contributed by atoms with Crippen LogP contribution in [0.1, 0.15) is 27.8 Å². The third-order valence-electron chi connectivity index (χ3n) is 4.41. The molecule has 0 radical (unpaired) electrons. The number of nitrogens with zero attached hydrogens (tertiary/aromatic N) is 3. The average Bonchev–Trinajstić information content (AvgIpc) is 3.53. The van der Waals surface area contributed by atoms with Crippen LogP contribution < -0.4 is 10.1 Å². The molecule has 1 aromatic carbocycles. The molecule has 0 bridgehead atoms. The summed E-state index contributed by atoms with van der Waals surface area (Å²) >= 11 is 12.1. The highest BCUT2D eigenvalue weighted by Crippen LogP contribution is 2.28. The molecule has 0 aliphatic heterocycles. The van der Waals surface area contributed by atoms with Crippen LogP contribution in [0.3, 0.4) is 0 Å². The summed E-state index contributed by atoms with van der Waals surface area (Å²) < 4.78 is 18.1. The average molecular weight is 473 g/mol. The molecule has 0 atom stereocenters. The second-order valence-electron chi connectivity index (χ2n) is 6.69. The number of ether oxygens (including phenoxy) is 1. The third-order valence-corrected chi connectivity index (χ3v) is 4.96. The van der Waals surface area contributed by atoms with E-state index in [1.54, 1.807) is 55.8 Å². The molecular weight excluding hydrogens is 455 g/mol. The molecule has 0 aliphatic rings. The normalized spacial score (nSPS) is 11.2. The first-order chi connectivity index (χ1) is 15.5. The van der Waals surface area contributed by atoms with Crippen molar-refractivity contribution >= 4 is 41.0 Å². The molecule has 3 heterocycles. The lowest BCUT2D eigenvalue weighted by Crippen LogP contribution is -2.25. The van der Waals surface area contributed by atoms with Crippen LogP contribution in [0.25, 0.3) is 0 Å². The number of nitrogens with one attached hydrogen (secondary N) is 1. The van der Waals surface area contributed by atoms with Crippen LogP contribution in [-0.4, -0.2) is 21.9 Å². The Morgan fingerprint density at radius 1 is 1.25 bits per heavy atom. The van der Waals surface area contributed by atoms with Crippen LogP contribution in [0.15, 0.2) is 68.8 Å². The topological polar surface area (TPSA) is 94.8 Å². The number of halogens is 2. The van der Waals surface area contributed by atoms with Gasteiger partial charge in [-0.2, -0.15) is 5.10 Å². The summed E-state index contributed by atoms with van der Waals surface area (Å²) in [6, 6.07) is 12.0. The summed E-state index contributed by atoms with van der Waals surface area (Å²) in [5.74, 6) is 1.86. The number of aryl methyl sites for hydroxylation is 1. The SMILES string of the molecule is Cn1ncc(N=Cc2ccc(COc3cc(Cl)ccc3Cl)o2)c1C(=O)NCc1ccco1. The molecule has 10 heteroatoms. The van der Waals surface area contributed by atoms with Gasteiger partial charge in [0, 0.05) is 18.1 Å². The number of benzene rings is 1. The van der Waals surface area contributed by atoms with Crippen LogP contribution >= 0.6 is 23.2 Å². The van der Waals surface area contributed by atoms with E-state index in [1.807, 2.05) is 0 Å². The number of aromatic nitrogens is 2. The molecule has 0 unspecified atom stereocenters. The minimum atomic E-state index is -0.319. The number of rotatable bonds is 8. The van der Waals surface area contributed by atoms with Gasteiger partial charge in [0.25, 0.3) is 5.91 Å². The monoisotopic (exact) mass is 472 g/mol. The van der Waals surface area contributed by atoms with E-state index < -0.39 is 0 Å². The molecule has 0 fully saturated rings. The highest BCUT2D eigenvalue weighted by molar-refractivity contribution is 6.34. The Morgan fingerprint density at radius 2 is 2.12 bits per heavy atom. The minimum absolute atomic E-state index is 0.168. The summed E-state index contributed by atoms with van der Waals surface area (Å²) in [5, 5.41) is 7.89. The van der Waals surface area contributed by atoms with E-state index in [0.717, 1.165) is 0 Å². The van der Waals surface area contributed by atoms with Gasteiger partial charge in [-0.1, -0.05) is 23.2 Å². The van der Waals surface area contributed by atoms with Gasteiger partial charge in [0.15, 0.2) is 5.69 Å². The van der Waals surface area contributed by atoms with Crippen molar-refractivity contribution in [3.63, 3.8) is 0 Å². The predicted octanol–water partition coefficient (Wildman–Crippen LogP) is 5.17. The van der Waals surface area contributed by atoms with Gasteiger partial charge in [-0.25, -0.2) is 4.99 Å². The maximum absolute atomic E-state index is 12.6. The smallest absolute Gasteiger partial charge is 0.272 e. The third kappa shape index (κ3) is 5.22. The number of hydrogen-bond donors (Lipinski definition) is 1. The largest absolute Gasteiger partial charge is 0.484 e. The van der Waals surface area contributed by atoms with Gasteiger partial charge >= 0.3 is 0 Å². The van der Waals surface area contributed by atoms with Gasteiger partial charge in [0.2, 0.25) is 0 Å². The number of amides is 1. The van der Waals surface area contributed by atoms with Crippen molar-refractivity contribution in [2.75, 3.05) is 0 Å². The van der Waals surface area contributed by atoms with Crippen LogP contribution in [0, 0.1) is 0 Å². The molecule has 8 nitrogen and oxygen atoms in total. The summed E-state index contributed by atoms with van der Waals surface area (Å²) in [4.78, 5) is 16.9. The molecule has 1 N–H and O–H groups in total. The fourth-order valence-corrected chi connectivity index (χ4v) is 3.19. The van der Waals surface area contributed by atoms with Crippen LogP contribution in [-0.2, 0) is 20.2 Å². The zero-order valence-corrected chi connectivity index (χ0v) is 18.4. The lowest BCUT2D eigenvalue weighted by atomic mass is 10.3. The Kier molecular flexibility index (Phi) is 6.63. The van der Waals surface area contributed by atoms with Gasteiger partial charge in [-0.15, -0.1) is 0 Å². The second-order valence-corrected chi connectivity index (χ2v) is 7.53. The Hall–Kier alpha value is -3.49. The molecule has 1 amide bonds. The number of furan rings is 2. The van der Waals surface area contributed by atoms with E-state index in [1.165, 1.54) is 17.1 Å². The van der Waals surface area contributed by atoms with Crippen molar-refractivity contribution in [1.29, 1.82) is 0 Å². The maximum Gasteiger partial charge on any atom is 0.272 e. The summed E-state index contributed by atoms with van der Waals surface area (Å²) in [6.07, 6.45) is 4.57. The molecular formula is C22H18Cl2N4O4. The summed E-state index contributed by atoms with van der Waals surface area (Å²) in [7, 11) is 1.67.